The van der Waals surface area contributed by atoms with Crippen LogP contribution in [0.2, 0.25) is 0 Å². The van der Waals surface area contributed by atoms with Crippen molar-refractivity contribution in [3.8, 4) is 17.6 Å². The van der Waals surface area contributed by atoms with Crippen molar-refractivity contribution in [3.63, 3.8) is 0 Å². The van der Waals surface area contributed by atoms with Crippen LogP contribution in [0.5, 0.6) is 11.5 Å². The Hall–Kier alpha value is -3.40. The fourth-order valence-corrected chi connectivity index (χ4v) is 5.30. The minimum Gasteiger partial charge on any atom is -0.488 e. The Morgan fingerprint density at radius 3 is 2.13 bits per heavy atom. The second-order valence-corrected chi connectivity index (χ2v) is 10.6. The number of hydrogen-bond donors (Lipinski definition) is 0. The van der Waals surface area contributed by atoms with Gasteiger partial charge < -0.3 is 14.4 Å². The highest BCUT2D eigenvalue weighted by molar-refractivity contribution is 5.40. The van der Waals surface area contributed by atoms with E-state index in [0.29, 0.717) is 24.7 Å². The molecule has 1 fully saturated rings. The van der Waals surface area contributed by atoms with E-state index in [4.69, 9.17) is 9.47 Å². The van der Waals surface area contributed by atoms with Crippen LogP contribution < -0.4 is 9.47 Å². The van der Waals surface area contributed by atoms with Crippen LogP contribution in [-0.2, 0) is 12.0 Å². The van der Waals surface area contributed by atoms with E-state index >= 15 is 0 Å². The van der Waals surface area contributed by atoms with Gasteiger partial charge in [-0.05, 0) is 48.6 Å². The third kappa shape index (κ3) is 7.81. The van der Waals surface area contributed by atoms with Crippen molar-refractivity contribution < 1.29 is 13.9 Å². The summed E-state index contributed by atoms with van der Waals surface area (Å²) in [5.41, 5.74) is 1.71. The molecule has 206 valence electrons. The van der Waals surface area contributed by atoms with Crippen molar-refractivity contribution >= 4 is 0 Å². The molecular weight excluding hydrogens is 489 g/mol. The van der Waals surface area contributed by atoms with Gasteiger partial charge in [-0.25, -0.2) is 4.39 Å². The molecule has 0 bridgehead atoms. The molecule has 0 spiro atoms. The smallest absolute Gasteiger partial charge is 0.164 e. The molecule has 0 N–H and O–H groups in total. The average Bonchev–Trinajstić information content (AvgIpc) is 2.97. The van der Waals surface area contributed by atoms with Gasteiger partial charge in [0, 0.05) is 38.8 Å². The molecule has 4 rings (SSSR count). The maximum absolute atomic E-state index is 13.9. The molecule has 39 heavy (non-hydrogen) atoms. The summed E-state index contributed by atoms with van der Waals surface area (Å²) >= 11 is 0. The van der Waals surface area contributed by atoms with E-state index in [1.54, 1.807) is 6.07 Å². The van der Waals surface area contributed by atoms with Crippen LogP contribution in [0, 0.1) is 23.1 Å². The predicted molar refractivity (Wildman–Crippen MR) is 153 cm³/mol. The molecule has 1 aliphatic heterocycles. The van der Waals surface area contributed by atoms with E-state index in [2.05, 4.69) is 41.8 Å². The highest BCUT2D eigenvalue weighted by Gasteiger charge is 2.35. The van der Waals surface area contributed by atoms with Crippen molar-refractivity contribution in [1.29, 1.82) is 5.26 Å². The fraction of sp³-hybridized carbons (Fsp3) is 0.424. The number of nitriles is 1. The van der Waals surface area contributed by atoms with Crippen LogP contribution in [0.25, 0.3) is 0 Å². The number of ether oxygens (including phenoxy) is 2. The van der Waals surface area contributed by atoms with Gasteiger partial charge in [0.2, 0.25) is 0 Å². The zero-order chi connectivity index (χ0) is 27.5. The largest absolute Gasteiger partial charge is 0.488 e. The Bertz CT molecular complexity index is 1190. The van der Waals surface area contributed by atoms with Gasteiger partial charge in [0.05, 0.1) is 11.5 Å². The summed E-state index contributed by atoms with van der Waals surface area (Å²) in [6.07, 6.45) is 1.87. The molecule has 0 saturated carbocycles. The molecule has 3 aromatic rings. The normalized spacial score (nSPS) is 16.0. The van der Waals surface area contributed by atoms with Gasteiger partial charge in [-0.2, -0.15) is 5.26 Å². The molecule has 3 aromatic carbocycles. The lowest BCUT2D eigenvalue weighted by Gasteiger charge is -2.36. The Labute approximate surface area is 232 Å². The Balaban J connectivity index is 1.20. The first-order chi connectivity index (χ1) is 19.0. The second-order valence-electron chi connectivity index (χ2n) is 10.6. The maximum Gasteiger partial charge on any atom is 0.164 e. The first-order valence-corrected chi connectivity index (χ1v) is 14.0. The molecule has 0 aromatic heterocycles. The quantitative estimate of drug-likeness (QED) is 0.260. The monoisotopic (exact) mass is 529 g/mol. The second kappa shape index (κ2) is 14.1. The molecule has 6 heteroatoms. The number of rotatable bonds is 13. The summed E-state index contributed by atoms with van der Waals surface area (Å²) in [6.45, 7) is 11.0. The fourth-order valence-electron chi connectivity index (χ4n) is 5.30. The molecule has 0 amide bonds. The van der Waals surface area contributed by atoms with Crippen molar-refractivity contribution in [2.75, 3.05) is 45.9 Å². The summed E-state index contributed by atoms with van der Waals surface area (Å²) in [4.78, 5) is 4.91. The molecule has 5 nitrogen and oxygen atoms in total. The number of piperazine rings is 1. The zero-order valence-corrected chi connectivity index (χ0v) is 23.2. The van der Waals surface area contributed by atoms with Crippen molar-refractivity contribution in [2.45, 2.75) is 38.7 Å². The molecule has 1 heterocycles. The summed E-state index contributed by atoms with van der Waals surface area (Å²) in [6, 6.07) is 27.2. The Morgan fingerprint density at radius 1 is 0.846 bits per heavy atom. The van der Waals surface area contributed by atoms with E-state index < -0.39 is 5.41 Å². The van der Waals surface area contributed by atoms with E-state index in [1.807, 2.05) is 48.5 Å². The lowest BCUT2D eigenvalue weighted by Crippen LogP contribution is -2.47. The van der Waals surface area contributed by atoms with E-state index in [-0.39, 0.29) is 11.7 Å². The minimum absolute atomic E-state index is 0.257. The van der Waals surface area contributed by atoms with Crippen LogP contribution >= 0.6 is 0 Å². The first kappa shape index (κ1) is 28.6. The van der Waals surface area contributed by atoms with Crippen molar-refractivity contribution in [2.24, 2.45) is 5.92 Å². The molecule has 1 aliphatic rings. The number of halogens is 1. The third-order valence-corrected chi connectivity index (χ3v) is 7.79. The van der Waals surface area contributed by atoms with Crippen LogP contribution in [0.3, 0.4) is 0 Å². The zero-order valence-electron chi connectivity index (χ0n) is 23.2. The van der Waals surface area contributed by atoms with E-state index in [9.17, 15) is 9.65 Å². The van der Waals surface area contributed by atoms with Crippen molar-refractivity contribution in [3.05, 3.63) is 95.8 Å². The number of nitrogens with zero attached hydrogens (tertiary/aromatic N) is 3. The van der Waals surface area contributed by atoms with Gasteiger partial charge in [0.1, 0.15) is 19.0 Å². The summed E-state index contributed by atoms with van der Waals surface area (Å²) in [5.74, 6) is 0.905. The van der Waals surface area contributed by atoms with E-state index in [1.165, 1.54) is 12.1 Å². The van der Waals surface area contributed by atoms with Gasteiger partial charge in [0.25, 0.3) is 0 Å². The first-order valence-electron chi connectivity index (χ1n) is 14.0. The van der Waals surface area contributed by atoms with Gasteiger partial charge in [-0.1, -0.05) is 74.5 Å². The molecule has 1 atom stereocenters. The Morgan fingerprint density at radius 2 is 1.49 bits per heavy atom. The summed E-state index contributed by atoms with van der Waals surface area (Å²) in [5, 5.41) is 10.1. The van der Waals surface area contributed by atoms with Crippen LogP contribution in [0.4, 0.5) is 4.39 Å². The molecule has 1 unspecified atom stereocenters. The van der Waals surface area contributed by atoms with Gasteiger partial charge >= 0.3 is 0 Å². The van der Waals surface area contributed by atoms with Crippen LogP contribution in [-0.4, -0.2) is 55.7 Å². The third-order valence-electron chi connectivity index (χ3n) is 7.79. The Kier molecular flexibility index (Phi) is 10.4. The van der Waals surface area contributed by atoms with Gasteiger partial charge in [-0.15, -0.1) is 0 Å². The lowest BCUT2D eigenvalue weighted by atomic mass is 9.70. The standard InChI is InChI=1S/C33H40FN3O2/c1-27(2)33(26-35,29-12-7-4-8-13-29)16-9-17-36-18-20-37(21-19-36)22-23-38-31-15-14-30(34)24-32(31)39-25-28-10-5-3-6-11-28/h3-8,10-15,24,27H,9,16-23,25H2,1-2H3. The van der Waals surface area contributed by atoms with Gasteiger partial charge in [-0.3, -0.25) is 4.90 Å². The number of benzene rings is 3. The van der Waals surface area contributed by atoms with Gasteiger partial charge in [0.15, 0.2) is 11.5 Å². The number of hydrogen-bond acceptors (Lipinski definition) is 5. The van der Waals surface area contributed by atoms with Crippen LogP contribution in [0.15, 0.2) is 78.9 Å². The lowest BCUT2D eigenvalue weighted by molar-refractivity contribution is 0.113. The SMILES string of the molecule is CC(C)C(C#N)(CCCN1CCN(CCOc2ccc(F)cc2OCc2ccccc2)CC1)c1ccccc1. The predicted octanol–water partition coefficient (Wildman–Crippen LogP) is 6.30. The average molecular weight is 530 g/mol. The summed E-state index contributed by atoms with van der Waals surface area (Å²) < 4.78 is 25.7. The topological polar surface area (TPSA) is 48.7 Å². The molecule has 0 aliphatic carbocycles. The summed E-state index contributed by atoms with van der Waals surface area (Å²) in [7, 11) is 0. The van der Waals surface area contributed by atoms with Crippen molar-refractivity contribution in [1.82, 2.24) is 9.80 Å². The maximum atomic E-state index is 13.9. The molecular formula is C33H40FN3O2. The highest BCUT2D eigenvalue weighted by atomic mass is 19.1. The molecule has 1 saturated heterocycles. The van der Waals surface area contributed by atoms with Crippen LogP contribution in [0.1, 0.15) is 37.8 Å². The highest BCUT2D eigenvalue weighted by Crippen LogP contribution is 2.36. The van der Waals surface area contributed by atoms with E-state index in [0.717, 1.165) is 63.2 Å². The minimum atomic E-state index is -0.440. The molecule has 0 radical (unpaired) electrons.